The molecule has 0 unspecified atom stereocenters. The number of allylic oxidation sites excluding steroid dienone is 1. The lowest BCUT2D eigenvalue weighted by molar-refractivity contribution is -0.157. The number of nitrogens with zero attached hydrogens (tertiary/aromatic N) is 1. The Morgan fingerprint density at radius 3 is 2.43 bits per heavy atom. The van der Waals surface area contributed by atoms with Gasteiger partial charge in [0.1, 0.15) is 29.7 Å². The second-order valence-corrected chi connectivity index (χ2v) is 21.2. The maximum absolute atomic E-state index is 14.4. The number of rotatable bonds is 6. The Labute approximate surface area is 317 Å². The van der Waals surface area contributed by atoms with Gasteiger partial charge in [0.15, 0.2) is 0 Å². The van der Waals surface area contributed by atoms with Crippen molar-refractivity contribution < 1.29 is 33.1 Å². The molecule has 53 heavy (non-hydrogen) atoms. The number of cyclic esters (lactones) is 1. The maximum Gasteiger partial charge on any atom is 0.325 e. The summed E-state index contributed by atoms with van der Waals surface area (Å²) in [4.78, 5) is 55.4. The molecule has 4 bridgehead atoms. The van der Waals surface area contributed by atoms with Gasteiger partial charge in [0, 0.05) is 38.8 Å². The third-order valence-electron chi connectivity index (χ3n) is 10.9. The van der Waals surface area contributed by atoms with Gasteiger partial charge in [0.05, 0.1) is 6.10 Å². The van der Waals surface area contributed by atoms with Crippen LogP contribution in [0.3, 0.4) is 0 Å². The highest BCUT2D eigenvalue weighted by molar-refractivity contribution is 6.74. The van der Waals surface area contributed by atoms with Gasteiger partial charge in [0.2, 0.25) is 14.2 Å². The summed E-state index contributed by atoms with van der Waals surface area (Å²) < 4.78 is 18.2. The highest BCUT2D eigenvalue weighted by Gasteiger charge is 2.39. The fourth-order valence-electron chi connectivity index (χ4n) is 6.46. The number of fused-ring (bicyclic) bond motifs is 4. The van der Waals surface area contributed by atoms with Crippen molar-refractivity contribution in [1.82, 2.24) is 15.8 Å². The van der Waals surface area contributed by atoms with Crippen LogP contribution in [0.15, 0.2) is 54.6 Å². The van der Waals surface area contributed by atoms with E-state index in [-0.39, 0.29) is 53.9 Å². The Kier molecular flexibility index (Phi) is 14.6. The summed E-state index contributed by atoms with van der Waals surface area (Å²) in [6.07, 6.45) is 6.11. The Morgan fingerprint density at radius 2 is 1.74 bits per heavy atom. The van der Waals surface area contributed by atoms with Gasteiger partial charge in [-0.05, 0) is 91.5 Å². The van der Waals surface area contributed by atoms with Crippen LogP contribution in [0.4, 0.5) is 0 Å². The Hall–Kier alpha value is -3.80. The van der Waals surface area contributed by atoms with Crippen molar-refractivity contribution >= 4 is 38.0 Å². The summed E-state index contributed by atoms with van der Waals surface area (Å²) in [5, 5.41) is 4.47. The van der Waals surface area contributed by atoms with E-state index in [0.29, 0.717) is 32.2 Å². The molecule has 2 aliphatic rings. The van der Waals surface area contributed by atoms with Crippen molar-refractivity contribution in [2.75, 3.05) is 13.7 Å². The average Bonchev–Trinajstić information content (AvgIpc) is 3.10. The van der Waals surface area contributed by atoms with E-state index < -0.39 is 38.4 Å². The summed E-state index contributed by atoms with van der Waals surface area (Å²) >= 11 is 0. The molecule has 0 aliphatic carbocycles. The molecule has 2 aromatic rings. The molecule has 0 radical (unpaired) electrons. The largest absolute Gasteiger partial charge is 0.543 e. The molecule has 290 valence electrons. The minimum Gasteiger partial charge on any atom is -0.543 e. The number of hydrogen-bond acceptors (Lipinski definition) is 8. The van der Waals surface area contributed by atoms with Gasteiger partial charge in [-0.25, -0.2) is 5.43 Å². The van der Waals surface area contributed by atoms with Gasteiger partial charge in [0.25, 0.3) is 5.91 Å². The lowest BCUT2D eigenvalue weighted by Gasteiger charge is -2.37. The fourth-order valence-corrected chi connectivity index (χ4v) is 7.48. The van der Waals surface area contributed by atoms with Gasteiger partial charge in [-0.1, -0.05) is 77.1 Å². The monoisotopic (exact) mass is 747 g/mol. The predicted molar refractivity (Wildman–Crippen MR) is 210 cm³/mol. The average molecular weight is 748 g/mol. The number of esters is 1. The number of hydrazine groups is 1. The number of ketones is 1. The van der Waals surface area contributed by atoms with Crippen molar-refractivity contribution in [2.45, 2.75) is 129 Å². The SMILES string of the molecule is CO[C@@H]1CC/C=C/c2cccc(c2)[C@@H](C)OC(=O)[C@@H]2CCCN(N2)C(=O)[C@H](Cc2cccc(O[Si](C)(C)C(C)(C)C)c2)NC(=O)[C@H](C(C)C)CC(=O)C1. The Morgan fingerprint density at radius 1 is 1.00 bits per heavy atom. The number of hydrogen-bond donors (Lipinski definition) is 2. The van der Waals surface area contributed by atoms with E-state index >= 15 is 0 Å². The van der Waals surface area contributed by atoms with Crippen molar-refractivity contribution in [3.05, 3.63) is 71.3 Å². The number of nitrogens with one attached hydrogen (secondary N) is 2. The molecule has 11 heteroatoms. The normalized spacial score (nSPS) is 25.2. The Balaban J connectivity index is 1.66. The molecule has 1 saturated heterocycles. The third-order valence-corrected chi connectivity index (χ3v) is 15.2. The second kappa shape index (κ2) is 18.5. The number of ether oxygens (including phenoxy) is 2. The number of benzene rings is 2. The predicted octanol–water partition coefficient (Wildman–Crippen LogP) is 7.34. The van der Waals surface area contributed by atoms with Gasteiger partial charge in [-0.15, -0.1) is 0 Å². The van der Waals surface area contributed by atoms with Crippen LogP contribution in [0.2, 0.25) is 18.1 Å². The van der Waals surface area contributed by atoms with Crippen LogP contribution in [-0.4, -0.2) is 68.7 Å². The number of carbonyl (C=O) groups excluding carboxylic acids is 4. The summed E-state index contributed by atoms with van der Waals surface area (Å²) in [7, 11) is -0.538. The third kappa shape index (κ3) is 11.8. The van der Waals surface area contributed by atoms with E-state index in [1.54, 1.807) is 7.11 Å². The van der Waals surface area contributed by atoms with Gasteiger partial charge in [-0.3, -0.25) is 24.2 Å². The highest BCUT2D eigenvalue weighted by Crippen LogP contribution is 2.37. The molecule has 0 spiro atoms. The zero-order valence-electron chi connectivity index (χ0n) is 33.2. The highest BCUT2D eigenvalue weighted by atomic mass is 28.4. The van der Waals surface area contributed by atoms with Gasteiger partial charge < -0.3 is 19.2 Å². The zero-order chi connectivity index (χ0) is 38.9. The molecule has 0 aromatic heterocycles. The Bertz CT molecular complexity index is 1620. The number of Topliss-reactive ketones (excluding diaryl/α,β-unsaturated/α-hetero) is 1. The molecule has 10 nitrogen and oxygen atoms in total. The molecule has 4 rings (SSSR count). The molecule has 2 heterocycles. The molecule has 1 fully saturated rings. The standard InChI is InChI=1S/C42H61N3O7Si/c1-28(2)36-27-33(46)26-34(50-7)19-11-10-15-30-16-12-18-32(23-30)29(3)51-41(49)37-21-14-22-45(44-37)40(48)38(43-39(36)47)25-31-17-13-20-35(24-31)52-53(8,9)42(4,5)6/h10,12-13,15-18,20,23-24,28-29,34,36-38,44H,11,14,19,21-22,25-27H2,1-9H3,(H,43,47)/b15-10+/t29-,34-,36+,37+,38+/m1/s1. The van der Waals surface area contributed by atoms with Crippen LogP contribution in [0, 0.1) is 11.8 Å². The van der Waals surface area contributed by atoms with Crippen molar-refractivity contribution in [2.24, 2.45) is 11.8 Å². The first kappa shape index (κ1) is 41.9. The lowest BCUT2D eigenvalue weighted by Crippen LogP contribution is -2.60. The van der Waals surface area contributed by atoms with E-state index in [1.165, 1.54) is 5.01 Å². The van der Waals surface area contributed by atoms with Crippen molar-refractivity contribution in [3.63, 3.8) is 0 Å². The molecule has 0 saturated carbocycles. The quantitative estimate of drug-likeness (QED) is 0.233. The first-order valence-corrected chi connectivity index (χ1v) is 22.1. The van der Waals surface area contributed by atoms with Crippen LogP contribution in [0.25, 0.3) is 6.08 Å². The van der Waals surface area contributed by atoms with E-state index in [2.05, 4.69) is 50.7 Å². The van der Waals surface area contributed by atoms with Gasteiger partial charge >= 0.3 is 5.97 Å². The van der Waals surface area contributed by atoms with E-state index in [1.807, 2.05) is 75.4 Å². The van der Waals surface area contributed by atoms with E-state index in [4.69, 9.17) is 13.9 Å². The molecule has 2 N–H and O–H groups in total. The number of methoxy groups -OCH3 is 1. The van der Waals surface area contributed by atoms with Crippen molar-refractivity contribution in [3.8, 4) is 5.75 Å². The maximum atomic E-state index is 14.4. The first-order valence-electron chi connectivity index (χ1n) is 19.1. The van der Waals surface area contributed by atoms with Gasteiger partial charge in [-0.2, -0.15) is 0 Å². The minimum atomic E-state index is -2.14. The zero-order valence-corrected chi connectivity index (χ0v) is 34.2. The summed E-state index contributed by atoms with van der Waals surface area (Å²) in [5.74, 6) is -1.31. The smallest absolute Gasteiger partial charge is 0.325 e. The van der Waals surface area contributed by atoms with E-state index in [0.717, 1.165) is 22.4 Å². The molecule has 2 aliphatic heterocycles. The molecular weight excluding hydrogens is 687 g/mol. The van der Waals surface area contributed by atoms with Crippen LogP contribution in [0.5, 0.6) is 5.75 Å². The second-order valence-electron chi connectivity index (χ2n) is 16.5. The molecule has 2 aromatic carbocycles. The van der Waals surface area contributed by atoms with Crippen LogP contribution in [0.1, 0.15) is 103 Å². The lowest BCUT2D eigenvalue weighted by atomic mass is 9.87. The van der Waals surface area contributed by atoms with E-state index in [9.17, 15) is 19.2 Å². The summed E-state index contributed by atoms with van der Waals surface area (Å²) in [5.41, 5.74) is 5.77. The molecular formula is C42H61N3O7Si. The molecule has 2 amide bonds. The molecule has 5 atom stereocenters. The first-order chi connectivity index (χ1) is 25.0. The van der Waals surface area contributed by atoms with Crippen LogP contribution < -0.4 is 15.2 Å². The van der Waals surface area contributed by atoms with Crippen molar-refractivity contribution in [1.29, 1.82) is 0 Å². The topological polar surface area (TPSA) is 123 Å². The van der Waals surface area contributed by atoms with Crippen LogP contribution in [-0.2, 0) is 35.1 Å². The fraction of sp³-hybridized carbons (Fsp3) is 0.571. The summed E-state index contributed by atoms with van der Waals surface area (Å²) in [6.45, 7) is 16.9. The number of amides is 2. The minimum absolute atomic E-state index is 0.00592. The summed E-state index contributed by atoms with van der Waals surface area (Å²) in [6, 6.07) is 13.8. The number of carbonyl (C=O) groups is 4. The van der Waals surface area contributed by atoms with Crippen LogP contribution >= 0.6 is 0 Å².